The summed E-state index contributed by atoms with van der Waals surface area (Å²) in [5.74, 6) is 0. The lowest BCUT2D eigenvalue weighted by atomic mass is 10.2. The largest absolute Gasteiger partial charge is 0.398 e. The van der Waals surface area contributed by atoms with Gasteiger partial charge >= 0.3 is 0 Å². The van der Waals surface area contributed by atoms with E-state index in [9.17, 15) is 0 Å². The number of fused-ring (bicyclic) bond motifs is 1. The molecule has 0 saturated heterocycles. The van der Waals surface area contributed by atoms with Crippen LogP contribution in [0.2, 0.25) is 0 Å². The molecule has 84 valence electrons. The Morgan fingerprint density at radius 1 is 0.824 bits per heavy atom. The van der Waals surface area contributed by atoms with Gasteiger partial charge in [-0.2, -0.15) is 0 Å². The summed E-state index contributed by atoms with van der Waals surface area (Å²) in [4.78, 5) is 11.5. The molecule has 4 nitrogen and oxygen atoms in total. The fourth-order valence-corrected chi connectivity index (χ4v) is 1.38. The number of aromatic nitrogens is 3. The number of rotatable bonds is 0. The average molecular weight is 224 g/mol. The molecule has 0 aliphatic heterocycles. The molecule has 0 spiro atoms. The first kappa shape index (κ1) is 11.0. The molecule has 0 amide bonds. The van der Waals surface area contributed by atoms with Crippen molar-refractivity contribution in [1.82, 2.24) is 15.0 Å². The Morgan fingerprint density at radius 3 is 2.24 bits per heavy atom. The fraction of sp³-hybridized carbons (Fsp3) is 0. The van der Waals surface area contributed by atoms with Crippen LogP contribution in [0.1, 0.15) is 0 Å². The van der Waals surface area contributed by atoms with E-state index in [0.29, 0.717) is 0 Å². The van der Waals surface area contributed by atoms with Gasteiger partial charge < -0.3 is 5.73 Å². The highest BCUT2D eigenvalue weighted by Gasteiger charge is 1.94. The van der Waals surface area contributed by atoms with Crippen molar-refractivity contribution in [2.45, 2.75) is 0 Å². The van der Waals surface area contributed by atoms with Gasteiger partial charge in [0.1, 0.15) is 6.33 Å². The Hall–Kier alpha value is -2.49. The van der Waals surface area contributed by atoms with Crippen molar-refractivity contribution in [2.24, 2.45) is 0 Å². The molecular weight excluding hydrogens is 212 g/mol. The van der Waals surface area contributed by atoms with Crippen LogP contribution in [-0.2, 0) is 0 Å². The Morgan fingerprint density at radius 2 is 1.65 bits per heavy atom. The van der Waals surface area contributed by atoms with Crippen LogP contribution in [0.3, 0.4) is 0 Å². The van der Waals surface area contributed by atoms with Crippen LogP contribution < -0.4 is 5.73 Å². The predicted octanol–water partition coefficient (Wildman–Crippen LogP) is 2.29. The lowest BCUT2D eigenvalue weighted by molar-refractivity contribution is 1.17. The first-order valence-corrected chi connectivity index (χ1v) is 5.17. The summed E-state index contributed by atoms with van der Waals surface area (Å²) in [5, 5.41) is 1.02. The quantitative estimate of drug-likeness (QED) is 0.595. The second-order valence-corrected chi connectivity index (χ2v) is 3.32. The van der Waals surface area contributed by atoms with Crippen molar-refractivity contribution in [3.05, 3.63) is 61.3 Å². The van der Waals surface area contributed by atoms with Gasteiger partial charge in [-0.3, -0.25) is 4.98 Å². The summed E-state index contributed by atoms with van der Waals surface area (Å²) < 4.78 is 0. The maximum Gasteiger partial charge on any atom is 0.115 e. The summed E-state index contributed by atoms with van der Waals surface area (Å²) in [6.45, 7) is 0. The molecule has 0 bridgehead atoms. The summed E-state index contributed by atoms with van der Waals surface area (Å²) in [6, 6.07) is 11.4. The monoisotopic (exact) mass is 224 g/mol. The number of nitrogen functional groups attached to an aromatic ring is 1. The van der Waals surface area contributed by atoms with Gasteiger partial charge in [0.05, 0.1) is 5.52 Å². The highest BCUT2D eigenvalue weighted by Crippen LogP contribution is 2.17. The Bertz CT molecular complexity index is 549. The minimum absolute atomic E-state index is 0.788. The minimum atomic E-state index is 0.788. The lowest BCUT2D eigenvalue weighted by Gasteiger charge is -1.97. The maximum absolute atomic E-state index is 5.72. The Kier molecular flexibility index (Phi) is 3.60. The molecule has 3 rings (SSSR count). The molecule has 2 heterocycles. The van der Waals surface area contributed by atoms with E-state index in [1.807, 2.05) is 30.3 Å². The van der Waals surface area contributed by atoms with Crippen LogP contribution in [0.5, 0.6) is 0 Å². The van der Waals surface area contributed by atoms with Crippen LogP contribution in [-0.4, -0.2) is 15.0 Å². The van der Waals surface area contributed by atoms with Crippen molar-refractivity contribution in [3.63, 3.8) is 0 Å². The fourth-order valence-electron chi connectivity index (χ4n) is 1.38. The Labute approximate surface area is 99.2 Å². The number of hydrogen-bond acceptors (Lipinski definition) is 4. The van der Waals surface area contributed by atoms with Crippen molar-refractivity contribution in [1.29, 1.82) is 0 Å². The Balaban J connectivity index is 0.000000153. The van der Waals surface area contributed by atoms with Crippen LogP contribution in [0, 0.1) is 0 Å². The van der Waals surface area contributed by atoms with Gasteiger partial charge in [-0.15, -0.1) is 0 Å². The number of benzene rings is 1. The predicted molar refractivity (Wildman–Crippen MR) is 68.2 cm³/mol. The highest BCUT2D eigenvalue weighted by molar-refractivity contribution is 5.89. The number of anilines is 1. The van der Waals surface area contributed by atoms with E-state index < -0.39 is 0 Å². The van der Waals surface area contributed by atoms with Gasteiger partial charge in [0.15, 0.2) is 0 Å². The molecule has 0 aliphatic rings. The van der Waals surface area contributed by atoms with Gasteiger partial charge in [0.25, 0.3) is 0 Å². The number of hydrogen-bond donors (Lipinski definition) is 1. The highest BCUT2D eigenvalue weighted by atomic mass is 14.8. The lowest BCUT2D eigenvalue weighted by Crippen LogP contribution is -1.86. The van der Waals surface area contributed by atoms with E-state index in [0.717, 1.165) is 16.6 Å². The van der Waals surface area contributed by atoms with Crippen molar-refractivity contribution in [3.8, 4) is 0 Å². The van der Waals surface area contributed by atoms with Crippen molar-refractivity contribution >= 4 is 16.6 Å². The van der Waals surface area contributed by atoms with Crippen LogP contribution in [0.25, 0.3) is 10.9 Å². The third-order valence-corrected chi connectivity index (χ3v) is 2.16. The number of nitrogens with two attached hydrogens (primary N) is 1. The molecule has 0 aliphatic carbocycles. The molecule has 4 heteroatoms. The van der Waals surface area contributed by atoms with Crippen molar-refractivity contribution < 1.29 is 0 Å². The zero-order chi connectivity index (χ0) is 11.9. The third-order valence-electron chi connectivity index (χ3n) is 2.16. The van der Waals surface area contributed by atoms with Gasteiger partial charge in [-0.1, -0.05) is 6.07 Å². The van der Waals surface area contributed by atoms with Crippen molar-refractivity contribution in [2.75, 3.05) is 5.73 Å². The minimum Gasteiger partial charge on any atom is -0.398 e. The zero-order valence-corrected chi connectivity index (χ0v) is 9.19. The van der Waals surface area contributed by atoms with Crippen LogP contribution >= 0.6 is 0 Å². The van der Waals surface area contributed by atoms with Crippen LogP contribution in [0.4, 0.5) is 5.69 Å². The summed E-state index contributed by atoms with van der Waals surface area (Å²) >= 11 is 0. The molecule has 1 aromatic carbocycles. The molecule has 0 unspecified atom stereocenters. The SMILES string of the molecule is Nc1cccc2ncccc12.c1cncnc1. The normalized spacial score (nSPS) is 9.41. The number of pyridine rings is 1. The molecule has 2 N–H and O–H groups in total. The topological polar surface area (TPSA) is 64.7 Å². The first-order valence-electron chi connectivity index (χ1n) is 5.17. The van der Waals surface area contributed by atoms with E-state index in [1.54, 1.807) is 24.7 Å². The third kappa shape index (κ3) is 2.98. The first-order chi connectivity index (χ1) is 8.38. The van der Waals surface area contributed by atoms with E-state index in [4.69, 9.17) is 5.73 Å². The molecule has 0 fully saturated rings. The maximum atomic E-state index is 5.72. The molecule has 3 aromatic rings. The van der Waals surface area contributed by atoms with E-state index in [-0.39, 0.29) is 0 Å². The molecule has 0 saturated carbocycles. The number of nitrogens with zero attached hydrogens (tertiary/aromatic N) is 3. The molecule has 17 heavy (non-hydrogen) atoms. The molecule has 0 radical (unpaired) electrons. The summed E-state index contributed by atoms with van der Waals surface area (Å²) in [5.41, 5.74) is 7.46. The van der Waals surface area contributed by atoms with E-state index in [1.165, 1.54) is 6.33 Å². The smallest absolute Gasteiger partial charge is 0.115 e. The van der Waals surface area contributed by atoms with Gasteiger partial charge in [-0.25, -0.2) is 9.97 Å². The van der Waals surface area contributed by atoms with Gasteiger partial charge in [0, 0.05) is 29.7 Å². The molecule has 2 aromatic heterocycles. The average Bonchev–Trinajstić information content (AvgIpc) is 2.42. The summed E-state index contributed by atoms with van der Waals surface area (Å²) in [7, 11) is 0. The van der Waals surface area contributed by atoms with Gasteiger partial charge in [-0.05, 0) is 30.3 Å². The van der Waals surface area contributed by atoms with Crippen LogP contribution in [0.15, 0.2) is 61.3 Å². The van der Waals surface area contributed by atoms with Gasteiger partial charge in [0.2, 0.25) is 0 Å². The second-order valence-electron chi connectivity index (χ2n) is 3.32. The van der Waals surface area contributed by atoms with E-state index in [2.05, 4.69) is 15.0 Å². The second kappa shape index (κ2) is 5.55. The molecule has 0 atom stereocenters. The standard InChI is InChI=1S/C9H8N2.C4H4N2/c10-8-4-1-5-9-7(8)3-2-6-11-9;1-2-5-4-6-3-1/h1-6H,10H2;1-4H. The molecular formula is C13H12N4. The van der Waals surface area contributed by atoms with E-state index >= 15 is 0 Å². The zero-order valence-electron chi connectivity index (χ0n) is 9.19. The summed E-state index contributed by atoms with van der Waals surface area (Å²) in [6.07, 6.45) is 6.64.